The van der Waals surface area contributed by atoms with Crippen LogP contribution in [0.15, 0.2) is 18.2 Å². The molecule has 0 radical (unpaired) electrons. The highest BCUT2D eigenvalue weighted by atomic mass is 35.6. The summed E-state index contributed by atoms with van der Waals surface area (Å²) in [5.74, 6) is 1.92. The molecule has 2 aromatic rings. The third kappa shape index (κ3) is 6.04. The standard InChI is InChI=1S/C21H28Cl3N5O2/c1-19(2)10-13(11-20(3,4)29-19)25-18-27-16(26-17(28-18)21(22,23)24)12-7-8-14(30-5)15(9-12)31-6/h7-9,13,29H,10-11H2,1-6H3,(H,25,26,27,28). The highest BCUT2D eigenvalue weighted by molar-refractivity contribution is 6.66. The molecular weight excluding hydrogens is 461 g/mol. The molecule has 0 bridgehead atoms. The van der Waals surface area contributed by atoms with Gasteiger partial charge in [0.05, 0.1) is 14.2 Å². The number of nitrogens with one attached hydrogen (secondary N) is 2. The maximum absolute atomic E-state index is 6.13. The minimum Gasteiger partial charge on any atom is -0.493 e. The number of hydrogen-bond acceptors (Lipinski definition) is 7. The second-order valence-corrected chi connectivity index (χ2v) is 11.3. The number of halogens is 3. The molecule has 7 nitrogen and oxygen atoms in total. The molecule has 0 amide bonds. The summed E-state index contributed by atoms with van der Waals surface area (Å²) >= 11 is 18.4. The highest BCUT2D eigenvalue weighted by Gasteiger charge is 2.38. The lowest BCUT2D eigenvalue weighted by molar-refractivity contribution is 0.170. The number of alkyl halides is 3. The van der Waals surface area contributed by atoms with E-state index in [9.17, 15) is 0 Å². The van der Waals surface area contributed by atoms with Crippen LogP contribution in [-0.2, 0) is 3.79 Å². The van der Waals surface area contributed by atoms with Gasteiger partial charge in [0, 0.05) is 22.7 Å². The first-order valence-corrected chi connectivity index (χ1v) is 11.1. The van der Waals surface area contributed by atoms with E-state index >= 15 is 0 Å². The number of aromatic nitrogens is 3. The Balaban J connectivity index is 2.00. The topological polar surface area (TPSA) is 81.2 Å². The minimum atomic E-state index is -1.79. The Labute approximate surface area is 198 Å². The number of hydrogen-bond donors (Lipinski definition) is 2. The van der Waals surface area contributed by atoms with Gasteiger partial charge in [0.25, 0.3) is 0 Å². The van der Waals surface area contributed by atoms with Crippen LogP contribution in [0.25, 0.3) is 11.4 Å². The summed E-state index contributed by atoms with van der Waals surface area (Å²) in [7, 11) is 3.14. The fourth-order valence-electron chi connectivity index (χ4n) is 4.28. The van der Waals surface area contributed by atoms with Gasteiger partial charge < -0.3 is 20.1 Å². The molecule has 31 heavy (non-hydrogen) atoms. The molecule has 0 unspecified atom stereocenters. The van der Waals surface area contributed by atoms with E-state index in [1.165, 1.54) is 0 Å². The Morgan fingerprint density at radius 3 is 2.13 bits per heavy atom. The van der Waals surface area contributed by atoms with Gasteiger partial charge in [-0.3, -0.25) is 0 Å². The van der Waals surface area contributed by atoms with Gasteiger partial charge >= 0.3 is 0 Å². The molecule has 170 valence electrons. The first-order valence-electron chi connectivity index (χ1n) is 9.93. The van der Waals surface area contributed by atoms with E-state index in [-0.39, 0.29) is 22.9 Å². The minimum absolute atomic E-state index is 0.0450. The summed E-state index contributed by atoms with van der Waals surface area (Å²) in [6, 6.07) is 5.50. The lowest BCUT2D eigenvalue weighted by Gasteiger charge is -2.46. The average Bonchev–Trinajstić information content (AvgIpc) is 2.63. The van der Waals surface area contributed by atoms with Crippen LogP contribution in [-0.4, -0.2) is 46.3 Å². The summed E-state index contributed by atoms with van der Waals surface area (Å²) in [4.78, 5) is 13.4. The van der Waals surface area contributed by atoms with Gasteiger partial charge in [-0.1, -0.05) is 34.8 Å². The number of methoxy groups -OCH3 is 2. The monoisotopic (exact) mass is 487 g/mol. The first-order chi connectivity index (χ1) is 14.3. The smallest absolute Gasteiger partial charge is 0.250 e. The Hall–Kier alpha value is -1.54. The Morgan fingerprint density at radius 2 is 1.58 bits per heavy atom. The number of rotatable bonds is 5. The second-order valence-electron chi connectivity index (χ2n) is 9.02. The molecule has 1 aromatic carbocycles. The largest absolute Gasteiger partial charge is 0.493 e. The summed E-state index contributed by atoms with van der Waals surface area (Å²) in [5.41, 5.74) is 0.595. The average molecular weight is 489 g/mol. The molecule has 1 aliphatic rings. The van der Waals surface area contributed by atoms with Crippen LogP contribution < -0.4 is 20.1 Å². The first kappa shape index (κ1) is 24.1. The van der Waals surface area contributed by atoms with Crippen LogP contribution in [0.2, 0.25) is 0 Å². The van der Waals surface area contributed by atoms with Crippen molar-refractivity contribution < 1.29 is 9.47 Å². The van der Waals surface area contributed by atoms with Gasteiger partial charge in [0.2, 0.25) is 9.74 Å². The molecule has 0 saturated carbocycles. The summed E-state index contributed by atoms with van der Waals surface area (Å²) in [6.45, 7) is 8.71. The van der Waals surface area contributed by atoms with Gasteiger partial charge in [-0.15, -0.1) is 0 Å². The van der Waals surface area contributed by atoms with E-state index in [4.69, 9.17) is 44.3 Å². The van der Waals surface area contributed by atoms with Crippen molar-refractivity contribution in [3.8, 4) is 22.9 Å². The molecule has 1 saturated heterocycles. The molecule has 0 spiro atoms. The van der Waals surface area contributed by atoms with Crippen molar-refractivity contribution in [1.82, 2.24) is 20.3 Å². The van der Waals surface area contributed by atoms with E-state index in [0.29, 0.717) is 28.8 Å². The maximum Gasteiger partial charge on any atom is 0.250 e. The number of piperidine rings is 1. The number of nitrogens with zero attached hydrogens (tertiary/aromatic N) is 3. The fourth-order valence-corrected chi connectivity index (χ4v) is 4.53. The third-order valence-electron chi connectivity index (χ3n) is 5.05. The van der Waals surface area contributed by atoms with Gasteiger partial charge in [-0.05, 0) is 58.7 Å². The normalized spacial score (nSPS) is 18.5. The van der Waals surface area contributed by atoms with E-state index in [1.807, 2.05) is 6.07 Å². The molecular formula is C21H28Cl3N5O2. The zero-order valence-electron chi connectivity index (χ0n) is 18.5. The van der Waals surface area contributed by atoms with Crippen molar-refractivity contribution >= 4 is 40.8 Å². The van der Waals surface area contributed by atoms with Crippen molar-refractivity contribution in [2.45, 2.75) is 61.4 Å². The molecule has 2 heterocycles. The molecule has 2 N–H and O–H groups in total. The second kappa shape index (κ2) is 8.77. The Kier molecular flexibility index (Phi) is 6.82. The third-order valence-corrected chi connectivity index (χ3v) is 5.56. The van der Waals surface area contributed by atoms with Crippen molar-refractivity contribution in [3.63, 3.8) is 0 Å². The Bertz CT molecular complexity index is 931. The van der Waals surface area contributed by atoms with Gasteiger partial charge in [-0.2, -0.15) is 9.97 Å². The fraction of sp³-hybridized carbons (Fsp3) is 0.571. The van der Waals surface area contributed by atoms with Gasteiger partial charge in [0.1, 0.15) is 0 Å². The summed E-state index contributed by atoms with van der Waals surface area (Å²) < 4.78 is 8.91. The lowest BCUT2D eigenvalue weighted by atomic mass is 9.80. The molecule has 1 aromatic heterocycles. The molecule has 0 atom stereocenters. The quantitative estimate of drug-likeness (QED) is 0.566. The SMILES string of the molecule is COc1ccc(-c2nc(NC3CC(C)(C)NC(C)(C)C3)nc(C(Cl)(Cl)Cl)n2)cc1OC. The molecule has 1 fully saturated rings. The van der Waals surface area contributed by atoms with E-state index in [2.05, 4.69) is 53.3 Å². The maximum atomic E-state index is 6.13. The molecule has 3 rings (SSSR count). The van der Waals surface area contributed by atoms with Crippen LogP contribution in [0.4, 0.5) is 5.95 Å². The van der Waals surface area contributed by atoms with Gasteiger partial charge in [-0.25, -0.2) is 4.98 Å². The van der Waals surface area contributed by atoms with Gasteiger partial charge in [0.15, 0.2) is 23.1 Å². The predicted octanol–water partition coefficient (Wildman–Crippen LogP) is 5.10. The zero-order chi connectivity index (χ0) is 23.0. The van der Waals surface area contributed by atoms with Crippen molar-refractivity contribution in [1.29, 1.82) is 0 Å². The van der Waals surface area contributed by atoms with Crippen LogP contribution in [0.1, 0.15) is 46.4 Å². The molecule has 1 aliphatic heterocycles. The molecule has 10 heteroatoms. The number of benzene rings is 1. The zero-order valence-corrected chi connectivity index (χ0v) is 20.8. The molecule has 0 aliphatic carbocycles. The number of ether oxygens (including phenoxy) is 2. The van der Waals surface area contributed by atoms with Crippen LogP contribution in [0, 0.1) is 0 Å². The predicted molar refractivity (Wildman–Crippen MR) is 126 cm³/mol. The van der Waals surface area contributed by atoms with E-state index < -0.39 is 3.79 Å². The summed E-state index contributed by atoms with van der Waals surface area (Å²) in [6.07, 6.45) is 1.77. The van der Waals surface area contributed by atoms with E-state index in [0.717, 1.165) is 12.8 Å². The van der Waals surface area contributed by atoms with Crippen molar-refractivity contribution in [2.75, 3.05) is 19.5 Å². The van der Waals surface area contributed by atoms with E-state index in [1.54, 1.807) is 26.4 Å². The van der Waals surface area contributed by atoms with Crippen LogP contribution >= 0.6 is 34.8 Å². The number of anilines is 1. The van der Waals surface area contributed by atoms with Crippen molar-refractivity contribution in [2.24, 2.45) is 0 Å². The van der Waals surface area contributed by atoms with Crippen LogP contribution in [0.3, 0.4) is 0 Å². The highest BCUT2D eigenvalue weighted by Crippen LogP contribution is 2.38. The Morgan fingerprint density at radius 1 is 0.968 bits per heavy atom. The van der Waals surface area contributed by atoms with Crippen LogP contribution in [0.5, 0.6) is 11.5 Å². The van der Waals surface area contributed by atoms with Crippen molar-refractivity contribution in [3.05, 3.63) is 24.0 Å². The summed E-state index contributed by atoms with van der Waals surface area (Å²) in [5, 5.41) is 7.09. The lowest BCUT2D eigenvalue weighted by Crippen LogP contribution is -2.60.